The molecule has 7 heteroatoms. The van der Waals surface area contributed by atoms with Gasteiger partial charge < -0.3 is 10.1 Å². The van der Waals surface area contributed by atoms with Gasteiger partial charge >= 0.3 is 6.18 Å². The SMILES string of the molecule is C=C(c1ccc2ccc3ccccc3c2c1)C1COC2(CCC(Nc3ccc(C(F)(F)F)cc3)CC2)OO1. The first-order valence-electron chi connectivity index (χ1n) is 12.8. The molecule has 0 amide bonds. The van der Waals surface area contributed by atoms with Crippen molar-refractivity contribution in [2.45, 2.75) is 49.8 Å². The molecule has 1 saturated heterocycles. The lowest BCUT2D eigenvalue weighted by Crippen LogP contribution is -2.49. The van der Waals surface area contributed by atoms with Crippen LogP contribution in [0.1, 0.15) is 36.8 Å². The van der Waals surface area contributed by atoms with E-state index in [1.165, 1.54) is 22.9 Å². The fourth-order valence-corrected chi connectivity index (χ4v) is 5.39. The number of alkyl halides is 3. The second-order valence-corrected chi connectivity index (χ2v) is 10.1. The van der Waals surface area contributed by atoms with Crippen molar-refractivity contribution in [2.24, 2.45) is 0 Å². The molecule has 2 fully saturated rings. The highest BCUT2D eigenvalue weighted by Crippen LogP contribution is 2.39. The summed E-state index contributed by atoms with van der Waals surface area (Å²) in [4.78, 5) is 11.7. The first kappa shape index (κ1) is 24.9. The number of ether oxygens (including phenoxy) is 1. The van der Waals surface area contributed by atoms with Gasteiger partial charge in [-0.1, -0.05) is 55.1 Å². The number of fused-ring (bicyclic) bond motifs is 3. The van der Waals surface area contributed by atoms with Crippen LogP contribution in [0.3, 0.4) is 0 Å². The highest BCUT2D eigenvalue weighted by atomic mass is 19.4. The summed E-state index contributed by atoms with van der Waals surface area (Å²) in [7, 11) is 0. The molecule has 38 heavy (non-hydrogen) atoms. The van der Waals surface area contributed by atoms with E-state index in [0.717, 1.165) is 46.9 Å². The number of benzene rings is 4. The Morgan fingerprint density at radius 1 is 0.868 bits per heavy atom. The zero-order valence-corrected chi connectivity index (χ0v) is 20.8. The quantitative estimate of drug-likeness (QED) is 0.218. The lowest BCUT2D eigenvalue weighted by atomic mass is 9.89. The molecule has 196 valence electrons. The third-order valence-electron chi connectivity index (χ3n) is 7.65. The first-order chi connectivity index (χ1) is 18.3. The fourth-order valence-electron chi connectivity index (χ4n) is 5.39. The standard InChI is InChI=1S/C31H28F3NO3/c1-20(23-9-8-22-7-6-21-4-2-3-5-27(21)28(22)18-23)29-19-36-30(38-37-29)16-14-26(15-17-30)35-25-12-10-24(11-13-25)31(32,33)34/h2-13,18,26,29,35H,1,14-17,19H2. The molecule has 0 radical (unpaired) electrons. The summed E-state index contributed by atoms with van der Waals surface area (Å²) in [6.45, 7) is 4.62. The molecule has 1 aliphatic carbocycles. The highest BCUT2D eigenvalue weighted by molar-refractivity contribution is 6.08. The van der Waals surface area contributed by atoms with Crippen molar-refractivity contribution in [3.05, 3.63) is 96.6 Å². The second kappa shape index (κ2) is 9.73. The normalized spacial score (nSPS) is 24.1. The van der Waals surface area contributed by atoms with Gasteiger partial charge in [0.05, 0.1) is 12.2 Å². The lowest BCUT2D eigenvalue weighted by Gasteiger charge is -2.43. The molecule has 4 nitrogen and oxygen atoms in total. The van der Waals surface area contributed by atoms with Crippen LogP contribution in [0.25, 0.3) is 27.1 Å². The van der Waals surface area contributed by atoms with E-state index < -0.39 is 23.6 Å². The number of hydrogen-bond acceptors (Lipinski definition) is 4. The number of nitrogens with one attached hydrogen (secondary N) is 1. The molecule has 4 aromatic carbocycles. The van der Waals surface area contributed by atoms with Gasteiger partial charge in [-0.3, -0.25) is 0 Å². The van der Waals surface area contributed by atoms with Crippen molar-refractivity contribution in [1.29, 1.82) is 0 Å². The Bertz CT molecular complexity index is 1460. The van der Waals surface area contributed by atoms with Gasteiger partial charge in [0.25, 0.3) is 0 Å². The maximum atomic E-state index is 12.8. The third-order valence-corrected chi connectivity index (χ3v) is 7.65. The Morgan fingerprint density at radius 2 is 1.55 bits per heavy atom. The van der Waals surface area contributed by atoms with Gasteiger partial charge in [-0.25, -0.2) is 9.78 Å². The minimum absolute atomic E-state index is 0.115. The summed E-state index contributed by atoms with van der Waals surface area (Å²) >= 11 is 0. The summed E-state index contributed by atoms with van der Waals surface area (Å²) in [5, 5.41) is 8.03. The average Bonchev–Trinajstić information content (AvgIpc) is 2.94. The zero-order valence-electron chi connectivity index (χ0n) is 20.8. The van der Waals surface area contributed by atoms with Crippen molar-refractivity contribution >= 4 is 32.8 Å². The minimum Gasteiger partial charge on any atom is -0.382 e. The van der Waals surface area contributed by atoms with Crippen molar-refractivity contribution in [2.75, 3.05) is 11.9 Å². The smallest absolute Gasteiger partial charge is 0.382 e. The summed E-state index contributed by atoms with van der Waals surface area (Å²) in [5.41, 5.74) is 1.79. The van der Waals surface area contributed by atoms with Crippen LogP contribution in [0.4, 0.5) is 18.9 Å². The van der Waals surface area contributed by atoms with Crippen LogP contribution in [0.5, 0.6) is 0 Å². The molecule has 6 rings (SSSR count). The van der Waals surface area contributed by atoms with Gasteiger partial charge in [0, 0.05) is 24.6 Å². The zero-order chi connectivity index (χ0) is 26.3. The van der Waals surface area contributed by atoms with E-state index in [1.807, 2.05) is 18.2 Å². The average molecular weight is 520 g/mol. The molecule has 1 saturated carbocycles. The number of hydrogen-bond donors (Lipinski definition) is 1. The topological polar surface area (TPSA) is 39.7 Å². The van der Waals surface area contributed by atoms with Gasteiger partial charge in [-0.2, -0.15) is 13.2 Å². The Hall–Kier alpha value is -3.39. The van der Waals surface area contributed by atoms with E-state index in [2.05, 4.69) is 48.3 Å². The Kier molecular flexibility index (Phi) is 6.38. The second-order valence-electron chi connectivity index (χ2n) is 10.1. The predicted octanol–water partition coefficient (Wildman–Crippen LogP) is 8.12. The summed E-state index contributed by atoms with van der Waals surface area (Å²) in [5.74, 6) is -0.811. The summed E-state index contributed by atoms with van der Waals surface area (Å²) in [6, 6.07) is 24.1. The van der Waals surface area contributed by atoms with Crippen LogP contribution < -0.4 is 5.32 Å². The maximum absolute atomic E-state index is 12.8. The monoisotopic (exact) mass is 519 g/mol. The third kappa shape index (κ3) is 4.89. The predicted molar refractivity (Wildman–Crippen MR) is 142 cm³/mol. The van der Waals surface area contributed by atoms with E-state index in [0.29, 0.717) is 25.1 Å². The van der Waals surface area contributed by atoms with Crippen LogP contribution in [0.15, 0.2) is 85.4 Å². The molecule has 0 aromatic heterocycles. The molecule has 1 unspecified atom stereocenters. The number of rotatable bonds is 4. The maximum Gasteiger partial charge on any atom is 0.416 e. The first-order valence-corrected chi connectivity index (χ1v) is 12.8. The van der Waals surface area contributed by atoms with Gasteiger partial charge in [0.15, 0.2) is 0 Å². The molecular weight excluding hydrogens is 491 g/mol. The van der Waals surface area contributed by atoms with Crippen LogP contribution in [0.2, 0.25) is 0 Å². The van der Waals surface area contributed by atoms with Gasteiger partial charge in [-0.05, 0) is 75.9 Å². The molecule has 0 bridgehead atoms. The van der Waals surface area contributed by atoms with E-state index in [-0.39, 0.29) is 6.04 Å². The van der Waals surface area contributed by atoms with Crippen LogP contribution in [-0.4, -0.2) is 24.5 Å². The molecule has 2 aliphatic rings. The van der Waals surface area contributed by atoms with Crippen molar-refractivity contribution < 1.29 is 27.7 Å². The van der Waals surface area contributed by atoms with Crippen LogP contribution in [-0.2, 0) is 20.7 Å². The largest absolute Gasteiger partial charge is 0.416 e. The van der Waals surface area contributed by atoms with Crippen molar-refractivity contribution in [3.8, 4) is 0 Å². The fraction of sp³-hybridized carbons (Fsp3) is 0.290. The molecule has 4 aromatic rings. The number of halogens is 3. The molecule has 1 N–H and O–H groups in total. The molecule has 1 aliphatic heterocycles. The van der Waals surface area contributed by atoms with Crippen LogP contribution >= 0.6 is 0 Å². The van der Waals surface area contributed by atoms with Crippen molar-refractivity contribution in [3.63, 3.8) is 0 Å². The minimum atomic E-state index is -4.34. The molecule has 1 spiro atoms. The Labute approximate surface area is 218 Å². The van der Waals surface area contributed by atoms with Crippen molar-refractivity contribution in [1.82, 2.24) is 0 Å². The van der Waals surface area contributed by atoms with Gasteiger partial charge in [0.1, 0.15) is 6.10 Å². The van der Waals surface area contributed by atoms with E-state index in [4.69, 9.17) is 14.5 Å². The molecule has 1 atom stereocenters. The Balaban J connectivity index is 1.06. The summed E-state index contributed by atoms with van der Waals surface area (Å²) in [6.07, 6.45) is -2.03. The Morgan fingerprint density at radius 3 is 2.24 bits per heavy atom. The van der Waals surface area contributed by atoms with E-state index in [9.17, 15) is 13.2 Å². The lowest BCUT2D eigenvalue weighted by molar-refractivity contribution is -0.483. The van der Waals surface area contributed by atoms with E-state index in [1.54, 1.807) is 0 Å². The highest BCUT2D eigenvalue weighted by Gasteiger charge is 2.43. The summed E-state index contributed by atoms with van der Waals surface area (Å²) < 4.78 is 44.6. The number of anilines is 1. The molecule has 1 heterocycles. The van der Waals surface area contributed by atoms with E-state index >= 15 is 0 Å². The van der Waals surface area contributed by atoms with Crippen LogP contribution in [0, 0.1) is 0 Å². The van der Waals surface area contributed by atoms with Gasteiger partial charge in [0.2, 0.25) is 5.79 Å². The molecular formula is C31H28F3NO3. The van der Waals surface area contributed by atoms with Gasteiger partial charge in [-0.15, -0.1) is 0 Å².